The second-order valence-electron chi connectivity index (χ2n) is 7.61. The number of nitrogens with one attached hydrogen (secondary N) is 1. The molecule has 1 heterocycles. The summed E-state index contributed by atoms with van der Waals surface area (Å²) in [5.41, 5.74) is 2.26. The molecule has 1 unspecified atom stereocenters. The smallest absolute Gasteiger partial charge is 0.271 e. The van der Waals surface area contributed by atoms with Gasteiger partial charge in [-0.2, -0.15) is 0 Å². The lowest BCUT2D eigenvalue weighted by Crippen LogP contribution is -2.50. The highest BCUT2D eigenvalue weighted by molar-refractivity contribution is 5.95. The predicted octanol–water partition coefficient (Wildman–Crippen LogP) is 4.24. The number of benzene rings is 3. The highest BCUT2D eigenvalue weighted by atomic mass is 19.1. The second-order valence-corrected chi connectivity index (χ2v) is 7.61. The van der Waals surface area contributed by atoms with Gasteiger partial charge in [-0.3, -0.25) is 19.8 Å². The SMILES string of the molecule is O=C(Nc1ccc(F)cc1)C(c1ccccc1)N1CCN(c2cccc([N+](=O)[O-])c2)CC1. The van der Waals surface area contributed by atoms with Crippen molar-refractivity contribution in [2.45, 2.75) is 6.04 Å². The summed E-state index contributed by atoms with van der Waals surface area (Å²) in [6.45, 7) is 2.49. The first-order chi connectivity index (χ1) is 15.5. The molecule has 164 valence electrons. The van der Waals surface area contributed by atoms with Crippen molar-refractivity contribution in [2.24, 2.45) is 0 Å². The topological polar surface area (TPSA) is 78.7 Å². The van der Waals surface area contributed by atoms with E-state index in [4.69, 9.17) is 0 Å². The van der Waals surface area contributed by atoms with Gasteiger partial charge < -0.3 is 10.2 Å². The number of non-ortho nitro benzene ring substituents is 1. The normalized spacial score (nSPS) is 15.2. The van der Waals surface area contributed by atoms with E-state index in [-0.39, 0.29) is 17.4 Å². The Kier molecular flexibility index (Phi) is 6.42. The van der Waals surface area contributed by atoms with Gasteiger partial charge in [0.2, 0.25) is 5.91 Å². The number of carbonyl (C=O) groups is 1. The molecule has 3 aromatic rings. The number of nitro benzene ring substituents is 1. The van der Waals surface area contributed by atoms with Gasteiger partial charge in [0.05, 0.1) is 4.92 Å². The minimum Gasteiger partial charge on any atom is -0.369 e. The van der Waals surface area contributed by atoms with Crippen LogP contribution in [0.3, 0.4) is 0 Å². The van der Waals surface area contributed by atoms with Gasteiger partial charge in [0.15, 0.2) is 0 Å². The largest absolute Gasteiger partial charge is 0.369 e. The van der Waals surface area contributed by atoms with Crippen LogP contribution in [-0.2, 0) is 4.79 Å². The van der Waals surface area contributed by atoms with Gasteiger partial charge in [0, 0.05) is 49.7 Å². The molecule has 1 aliphatic heterocycles. The molecule has 7 nitrogen and oxygen atoms in total. The average molecular weight is 434 g/mol. The van der Waals surface area contributed by atoms with Crippen LogP contribution in [0.15, 0.2) is 78.9 Å². The first-order valence-corrected chi connectivity index (χ1v) is 10.4. The standard InChI is InChI=1S/C24H23FN4O3/c25-19-9-11-20(12-10-19)26-24(30)23(18-5-2-1-3-6-18)28-15-13-27(14-16-28)21-7-4-8-22(17-21)29(31)32/h1-12,17,23H,13-16H2,(H,26,30). The summed E-state index contributed by atoms with van der Waals surface area (Å²) < 4.78 is 13.2. The van der Waals surface area contributed by atoms with Crippen LogP contribution in [0.25, 0.3) is 0 Å². The van der Waals surface area contributed by atoms with Crippen LogP contribution in [0.5, 0.6) is 0 Å². The van der Waals surface area contributed by atoms with E-state index in [1.807, 2.05) is 36.4 Å². The molecule has 0 radical (unpaired) electrons. The minimum absolute atomic E-state index is 0.0609. The summed E-state index contributed by atoms with van der Waals surface area (Å²) in [7, 11) is 0. The number of hydrogen-bond donors (Lipinski definition) is 1. The fourth-order valence-corrected chi connectivity index (χ4v) is 3.95. The molecule has 1 N–H and O–H groups in total. The third-order valence-corrected chi connectivity index (χ3v) is 5.56. The highest BCUT2D eigenvalue weighted by Gasteiger charge is 2.31. The Labute approximate surface area is 185 Å². The lowest BCUT2D eigenvalue weighted by molar-refractivity contribution is -0.384. The van der Waals surface area contributed by atoms with Crippen LogP contribution in [0.4, 0.5) is 21.5 Å². The van der Waals surface area contributed by atoms with Crippen molar-refractivity contribution in [2.75, 3.05) is 36.4 Å². The zero-order valence-corrected chi connectivity index (χ0v) is 17.4. The van der Waals surface area contributed by atoms with Gasteiger partial charge in [-0.05, 0) is 35.9 Å². The van der Waals surface area contributed by atoms with Crippen LogP contribution in [-0.4, -0.2) is 41.9 Å². The summed E-state index contributed by atoms with van der Waals surface area (Å²) in [6, 6.07) is 21.3. The summed E-state index contributed by atoms with van der Waals surface area (Å²) in [4.78, 5) is 28.1. The third-order valence-electron chi connectivity index (χ3n) is 5.56. The number of rotatable bonds is 6. The Morgan fingerprint density at radius 2 is 1.62 bits per heavy atom. The quantitative estimate of drug-likeness (QED) is 0.464. The molecule has 0 saturated carbocycles. The molecule has 0 bridgehead atoms. The number of nitrogens with zero attached hydrogens (tertiary/aromatic N) is 3. The lowest BCUT2D eigenvalue weighted by atomic mass is 10.0. The van der Waals surface area contributed by atoms with E-state index < -0.39 is 11.0 Å². The number of nitro groups is 1. The van der Waals surface area contributed by atoms with Crippen molar-refractivity contribution < 1.29 is 14.1 Å². The Morgan fingerprint density at radius 1 is 0.938 bits per heavy atom. The molecule has 1 atom stereocenters. The van der Waals surface area contributed by atoms with E-state index in [0.29, 0.717) is 31.9 Å². The maximum Gasteiger partial charge on any atom is 0.271 e. The molecule has 8 heteroatoms. The molecule has 0 aliphatic carbocycles. The molecular formula is C24H23FN4O3. The number of halogens is 1. The van der Waals surface area contributed by atoms with Gasteiger partial charge in [-0.25, -0.2) is 4.39 Å². The van der Waals surface area contributed by atoms with Gasteiger partial charge in [0.1, 0.15) is 11.9 Å². The van der Waals surface area contributed by atoms with Crippen molar-refractivity contribution in [3.63, 3.8) is 0 Å². The van der Waals surface area contributed by atoms with Gasteiger partial charge >= 0.3 is 0 Å². The second kappa shape index (κ2) is 9.57. The molecule has 4 rings (SSSR count). The zero-order valence-electron chi connectivity index (χ0n) is 17.4. The monoisotopic (exact) mass is 434 g/mol. The van der Waals surface area contributed by atoms with E-state index in [2.05, 4.69) is 15.1 Å². The lowest BCUT2D eigenvalue weighted by Gasteiger charge is -2.39. The van der Waals surface area contributed by atoms with Crippen LogP contribution >= 0.6 is 0 Å². The molecular weight excluding hydrogens is 411 g/mol. The Bertz CT molecular complexity index is 1080. The summed E-state index contributed by atoms with van der Waals surface area (Å²) >= 11 is 0. The van der Waals surface area contributed by atoms with Crippen molar-refractivity contribution in [3.05, 3.63) is 100 Å². The maximum absolute atomic E-state index is 13.2. The van der Waals surface area contributed by atoms with Crippen LogP contribution < -0.4 is 10.2 Å². The van der Waals surface area contributed by atoms with E-state index >= 15 is 0 Å². The first-order valence-electron chi connectivity index (χ1n) is 10.4. The fourth-order valence-electron chi connectivity index (χ4n) is 3.95. The first kappa shape index (κ1) is 21.5. The molecule has 0 aromatic heterocycles. The van der Waals surface area contributed by atoms with Gasteiger partial charge in [0.25, 0.3) is 5.69 Å². The summed E-state index contributed by atoms with van der Waals surface area (Å²) in [6.07, 6.45) is 0. The number of piperazine rings is 1. The third kappa shape index (κ3) is 4.92. The maximum atomic E-state index is 13.2. The van der Waals surface area contributed by atoms with Crippen LogP contribution in [0.2, 0.25) is 0 Å². The molecule has 3 aromatic carbocycles. The highest BCUT2D eigenvalue weighted by Crippen LogP contribution is 2.27. The minimum atomic E-state index is -0.506. The van der Waals surface area contributed by atoms with E-state index in [1.54, 1.807) is 12.1 Å². The predicted molar refractivity (Wildman–Crippen MR) is 121 cm³/mol. The van der Waals surface area contributed by atoms with Gasteiger partial charge in [-0.1, -0.05) is 36.4 Å². The molecule has 1 amide bonds. The molecule has 1 aliphatic rings. The van der Waals surface area contributed by atoms with Crippen molar-refractivity contribution in [1.29, 1.82) is 0 Å². The van der Waals surface area contributed by atoms with Crippen molar-refractivity contribution in [3.8, 4) is 0 Å². The number of anilines is 2. The molecule has 32 heavy (non-hydrogen) atoms. The number of carbonyl (C=O) groups excluding carboxylic acids is 1. The van der Waals surface area contributed by atoms with E-state index in [0.717, 1.165) is 11.3 Å². The zero-order chi connectivity index (χ0) is 22.5. The summed E-state index contributed by atoms with van der Waals surface area (Å²) in [5.74, 6) is -0.550. The number of hydrogen-bond acceptors (Lipinski definition) is 5. The Morgan fingerprint density at radius 3 is 2.28 bits per heavy atom. The Balaban J connectivity index is 1.50. The average Bonchev–Trinajstić information content (AvgIpc) is 2.82. The van der Waals surface area contributed by atoms with E-state index in [9.17, 15) is 19.3 Å². The van der Waals surface area contributed by atoms with Crippen molar-refractivity contribution in [1.82, 2.24) is 4.90 Å². The number of amides is 1. The fraction of sp³-hybridized carbons (Fsp3) is 0.208. The van der Waals surface area contributed by atoms with Crippen LogP contribution in [0.1, 0.15) is 11.6 Å². The molecule has 1 saturated heterocycles. The van der Waals surface area contributed by atoms with Gasteiger partial charge in [-0.15, -0.1) is 0 Å². The van der Waals surface area contributed by atoms with Crippen LogP contribution in [0, 0.1) is 15.9 Å². The molecule has 1 fully saturated rings. The molecule has 0 spiro atoms. The summed E-state index contributed by atoms with van der Waals surface area (Å²) in [5, 5.41) is 14.0. The Hall–Kier alpha value is -3.78. The van der Waals surface area contributed by atoms with E-state index in [1.165, 1.54) is 30.3 Å². The van der Waals surface area contributed by atoms with Crippen molar-refractivity contribution >= 4 is 23.0 Å².